The highest BCUT2D eigenvalue weighted by Crippen LogP contribution is 2.37. The first-order valence-corrected chi connectivity index (χ1v) is 6.09. The van der Waals surface area contributed by atoms with Gasteiger partial charge in [-0.1, -0.05) is 18.2 Å². The van der Waals surface area contributed by atoms with E-state index in [4.69, 9.17) is 4.74 Å². The molecule has 0 saturated heterocycles. The lowest BCUT2D eigenvalue weighted by atomic mass is 10.2. The van der Waals surface area contributed by atoms with Gasteiger partial charge in [0.2, 0.25) is 0 Å². The van der Waals surface area contributed by atoms with Gasteiger partial charge in [0, 0.05) is 10.4 Å². The van der Waals surface area contributed by atoms with Crippen LogP contribution in [0.5, 0.6) is 5.75 Å². The minimum Gasteiger partial charge on any atom is -0.486 e. The zero-order chi connectivity index (χ0) is 10.1. The molecule has 0 N–H and O–H groups in total. The van der Waals surface area contributed by atoms with Gasteiger partial charge in [-0.3, -0.25) is 0 Å². The maximum Gasteiger partial charge on any atom is 0.125 e. The summed E-state index contributed by atoms with van der Waals surface area (Å²) in [4.78, 5) is 1.50. The maximum absolute atomic E-state index is 5.97. The summed E-state index contributed by atoms with van der Waals surface area (Å²) >= 11 is 1.85. The summed E-state index contributed by atoms with van der Waals surface area (Å²) < 4.78 is 5.97. The summed E-state index contributed by atoms with van der Waals surface area (Å²) in [6.45, 7) is 0. The molecular formula is C13H12OS. The number of aryl methyl sites for hydroxylation is 1. The maximum atomic E-state index is 5.97. The molecule has 3 rings (SSSR count). The molecule has 0 radical (unpaired) electrons. The van der Waals surface area contributed by atoms with E-state index in [1.807, 2.05) is 41.7 Å². The van der Waals surface area contributed by atoms with E-state index in [0.29, 0.717) is 0 Å². The van der Waals surface area contributed by atoms with Gasteiger partial charge >= 0.3 is 0 Å². The Labute approximate surface area is 93.3 Å². The summed E-state index contributed by atoms with van der Waals surface area (Å²) in [6.07, 6.45) is 2.56. The predicted molar refractivity (Wildman–Crippen MR) is 62.5 cm³/mol. The molecular weight excluding hydrogens is 204 g/mol. The van der Waals surface area contributed by atoms with Gasteiger partial charge in [0.15, 0.2) is 0 Å². The van der Waals surface area contributed by atoms with Gasteiger partial charge < -0.3 is 4.74 Å². The van der Waals surface area contributed by atoms with Crippen LogP contribution in [-0.4, -0.2) is 0 Å². The molecule has 1 unspecified atom stereocenters. The Morgan fingerprint density at radius 1 is 1.13 bits per heavy atom. The zero-order valence-electron chi connectivity index (χ0n) is 8.35. The van der Waals surface area contributed by atoms with Crippen LogP contribution in [0.1, 0.15) is 23.0 Å². The van der Waals surface area contributed by atoms with Crippen molar-refractivity contribution < 1.29 is 4.74 Å². The number of thiophene rings is 1. The van der Waals surface area contributed by atoms with Crippen LogP contribution >= 0.6 is 11.3 Å². The number of ether oxygens (including phenoxy) is 1. The summed E-state index contributed by atoms with van der Waals surface area (Å²) in [5.74, 6) is 0.974. The molecule has 15 heavy (non-hydrogen) atoms. The fourth-order valence-corrected chi connectivity index (χ4v) is 2.99. The predicted octanol–water partition coefficient (Wildman–Crippen LogP) is 3.81. The fraction of sp³-hybridized carbons (Fsp3) is 0.231. The molecule has 2 aromatic rings. The summed E-state index contributed by atoms with van der Waals surface area (Å²) in [5.41, 5.74) is 1.39. The third kappa shape index (κ3) is 1.65. The van der Waals surface area contributed by atoms with Crippen LogP contribution in [0.4, 0.5) is 0 Å². The second kappa shape index (κ2) is 3.70. The van der Waals surface area contributed by atoms with E-state index in [2.05, 4.69) is 11.4 Å². The second-order valence-electron chi connectivity index (χ2n) is 3.76. The average molecular weight is 216 g/mol. The smallest absolute Gasteiger partial charge is 0.125 e. The molecule has 1 aliphatic carbocycles. The van der Waals surface area contributed by atoms with E-state index in [1.165, 1.54) is 16.9 Å². The summed E-state index contributed by atoms with van der Waals surface area (Å²) in [5, 5.41) is 2.16. The molecule has 1 nitrogen and oxygen atoms in total. The molecule has 1 aromatic heterocycles. The van der Waals surface area contributed by atoms with Gasteiger partial charge in [-0.05, 0) is 36.4 Å². The minimum absolute atomic E-state index is 0.272. The standard InChI is InChI=1S/C13H12OS/c1-2-4-10(5-3-1)14-12-6-7-13-11(12)8-9-15-13/h1-5,8-9,12H,6-7H2. The van der Waals surface area contributed by atoms with Gasteiger partial charge in [0.1, 0.15) is 11.9 Å². The monoisotopic (exact) mass is 216 g/mol. The summed E-state index contributed by atoms with van der Waals surface area (Å²) in [6, 6.07) is 12.3. The van der Waals surface area contributed by atoms with E-state index >= 15 is 0 Å². The van der Waals surface area contributed by atoms with E-state index < -0.39 is 0 Å². The van der Waals surface area contributed by atoms with E-state index in [0.717, 1.165) is 12.2 Å². The van der Waals surface area contributed by atoms with Crippen LogP contribution in [0.15, 0.2) is 41.8 Å². The van der Waals surface area contributed by atoms with E-state index in [-0.39, 0.29) is 6.10 Å². The quantitative estimate of drug-likeness (QED) is 0.741. The summed E-state index contributed by atoms with van der Waals surface area (Å²) in [7, 11) is 0. The SMILES string of the molecule is c1ccc(OC2CCc3sccc32)cc1. The first-order valence-electron chi connectivity index (χ1n) is 5.21. The van der Waals surface area contributed by atoms with Crippen molar-refractivity contribution in [3.63, 3.8) is 0 Å². The van der Waals surface area contributed by atoms with Crippen LogP contribution < -0.4 is 4.74 Å². The molecule has 1 heterocycles. The van der Waals surface area contributed by atoms with Crippen LogP contribution in [0.2, 0.25) is 0 Å². The van der Waals surface area contributed by atoms with Gasteiger partial charge in [-0.25, -0.2) is 0 Å². The Hall–Kier alpha value is -1.28. The van der Waals surface area contributed by atoms with Crippen LogP contribution in [0, 0.1) is 0 Å². The lowest BCUT2D eigenvalue weighted by Crippen LogP contribution is -2.02. The Bertz CT molecular complexity index is 447. The van der Waals surface area contributed by atoms with Gasteiger partial charge in [0.05, 0.1) is 0 Å². The first kappa shape index (κ1) is 8.98. The number of para-hydroxylation sites is 1. The Morgan fingerprint density at radius 3 is 2.87 bits per heavy atom. The van der Waals surface area contributed by atoms with Crippen molar-refractivity contribution in [2.24, 2.45) is 0 Å². The third-order valence-electron chi connectivity index (χ3n) is 2.78. The highest BCUT2D eigenvalue weighted by atomic mass is 32.1. The molecule has 1 atom stereocenters. The van der Waals surface area contributed by atoms with Gasteiger partial charge in [-0.15, -0.1) is 11.3 Å². The number of fused-ring (bicyclic) bond motifs is 1. The van der Waals surface area contributed by atoms with Crippen LogP contribution in [-0.2, 0) is 6.42 Å². The number of hydrogen-bond acceptors (Lipinski definition) is 2. The fourth-order valence-electron chi connectivity index (χ4n) is 2.04. The van der Waals surface area contributed by atoms with Crippen molar-refractivity contribution in [1.29, 1.82) is 0 Å². The van der Waals surface area contributed by atoms with Crippen molar-refractivity contribution in [2.45, 2.75) is 18.9 Å². The Morgan fingerprint density at radius 2 is 2.00 bits per heavy atom. The van der Waals surface area contributed by atoms with Gasteiger partial charge in [0.25, 0.3) is 0 Å². The van der Waals surface area contributed by atoms with Crippen LogP contribution in [0.3, 0.4) is 0 Å². The van der Waals surface area contributed by atoms with Crippen LogP contribution in [0.25, 0.3) is 0 Å². The first-order chi connectivity index (χ1) is 7.43. The number of rotatable bonds is 2. The van der Waals surface area contributed by atoms with E-state index in [9.17, 15) is 0 Å². The van der Waals surface area contributed by atoms with Crippen molar-refractivity contribution in [2.75, 3.05) is 0 Å². The Balaban J connectivity index is 1.81. The molecule has 0 bridgehead atoms. The molecule has 0 spiro atoms. The highest BCUT2D eigenvalue weighted by Gasteiger charge is 2.24. The molecule has 1 aromatic carbocycles. The Kier molecular flexibility index (Phi) is 2.22. The zero-order valence-corrected chi connectivity index (χ0v) is 9.17. The van der Waals surface area contributed by atoms with Crippen molar-refractivity contribution in [3.05, 3.63) is 52.2 Å². The van der Waals surface area contributed by atoms with Crippen molar-refractivity contribution >= 4 is 11.3 Å². The molecule has 0 saturated carbocycles. The van der Waals surface area contributed by atoms with Gasteiger partial charge in [-0.2, -0.15) is 0 Å². The molecule has 76 valence electrons. The lowest BCUT2D eigenvalue weighted by Gasteiger charge is -2.13. The lowest BCUT2D eigenvalue weighted by molar-refractivity contribution is 0.207. The largest absolute Gasteiger partial charge is 0.486 e. The topological polar surface area (TPSA) is 9.23 Å². The highest BCUT2D eigenvalue weighted by molar-refractivity contribution is 7.10. The average Bonchev–Trinajstić information content (AvgIpc) is 2.85. The molecule has 0 aliphatic heterocycles. The molecule has 0 fully saturated rings. The second-order valence-corrected chi connectivity index (χ2v) is 4.76. The molecule has 0 amide bonds. The minimum atomic E-state index is 0.272. The molecule has 2 heteroatoms. The number of hydrogen-bond donors (Lipinski definition) is 0. The third-order valence-corrected chi connectivity index (χ3v) is 3.78. The normalized spacial score (nSPS) is 18.8. The number of benzene rings is 1. The van der Waals surface area contributed by atoms with E-state index in [1.54, 1.807) is 0 Å². The van der Waals surface area contributed by atoms with Crippen molar-refractivity contribution in [1.82, 2.24) is 0 Å². The van der Waals surface area contributed by atoms with Crippen molar-refractivity contribution in [3.8, 4) is 5.75 Å². The molecule has 1 aliphatic rings.